The number of rotatable bonds is 9. The number of nitrogens with zero attached hydrogens (tertiary/aromatic N) is 4. The van der Waals surface area contributed by atoms with E-state index >= 15 is 0 Å². The van der Waals surface area contributed by atoms with E-state index in [1.807, 2.05) is 0 Å². The molecule has 190 valence electrons. The van der Waals surface area contributed by atoms with Crippen molar-refractivity contribution >= 4 is 13.4 Å². The van der Waals surface area contributed by atoms with Crippen LogP contribution in [0.15, 0.2) is 17.2 Å². The lowest BCUT2D eigenvalue weighted by Gasteiger charge is -2.37. The number of H-pyrrole nitrogens is 1. The van der Waals surface area contributed by atoms with Crippen LogP contribution < -0.4 is 11.4 Å². The molecule has 0 aromatic carbocycles. The van der Waals surface area contributed by atoms with Crippen molar-refractivity contribution in [3.05, 3.63) is 22.9 Å². The molecule has 0 radical (unpaired) electrons. The number of ether oxygens (including phenoxy) is 1. The second kappa shape index (κ2) is 9.46. The summed E-state index contributed by atoms with van der Waals surface area (Å²) in [5.41, 5.74) is 4.26. The standard InChI is InChI=1S/C19H31N6O8P/c1-5-18(3,33-34(30,31)19(4,29)6-2)7-12-13(26)14(27)16(32-12)25-9-10(11-8-21-24-23-11)15(20)22-17(25)28/h8-9,12-14,16,26-27,29H,5-7H2,1-4H3,(H,30,31)(H2,20,22,28)(H,21,23,24)/t12-,13?,14+,16-,18?,19?/m1/s1. The van der Waals surface area contributed by atoms with E-state index in [4.69, 9.17) is 15.0 Å². The van der Waals surface area contributed by atoms with Crippen LogP contribution in [0.4, 0.5) is 5.82 Å². The SMILES string of the molecule is CCC(C)(C[C@H]1O[C@@H](n2cc(-c3cn[nH]n3)c(N)nc2=O)[C@@H](O)C1O)OP(=O)(O)C(C)(O)CC. The van der Waals surface area contributed by atoms with Gasteiger partial charge in [0.25, 0.3) is 0 Å². The first kappa shape index (κ1) is 26.4. The van der Waals surface area contributed by atoms with Gasteiger partial charge < -0.3 is 35.2 Å². The predicted octanol–water partition coefficient (Wildman–Crippen LogP) is 0.109. The lowest BCUT2D eigenvalue weighted by atomic mass is 9.93. The summed E-state index contributed by atoms with van der Waals surface area (Å²) in [5, 5.41) is 39.6. The van der Waals surface area contributed by atoms with Gasteiger partial charge in [-0.2, -0.15) is 20.4 Å². The van der Waals surface area contributed by atoms with Crippen molar-refractivity contribution in [2.75, 3.05) is 5.73 Å². The second-order valence-electron chi connectivity index (χ2n) is 8.82. The fourth-order valence-corrected chi connectivity index (χ4v) is 4.99. The van der Waals surface area contributed by atoms with Gasteiger partial charge in [-0.3, -0.25) is 9.13 Å². The first-order chi connectivity index (χ1) is 15.7. The van der Waals surface area contributed by atoms with Gasteiger partial charge in [0, 0.05) is 12.6 Å². The fraction of sp³-hybridized carbons (Fsp3) is 0.684. The molecule has 0 aliphatic carbocycles. The third-order valence-corrected chi connectivity index (χ3v) is 8.51. The van der Waals surface area contributed by atoms with Crippen LogP contribution in [0, 0.1) is 0 Å². The molecule has 7 N–H and O–H groups in total. The van der Waals surface area contributed by atoms with Crippen molar-refractivity contribution in [2.45, 2.75) is 82.4 Å². The number of aromatic nitrogens is 5. The molecule has 0 spiro atoms. The van der Waals surface area contributed by atoms with Crippen LogP contribution in [0.25, 0.3) is 11.3 Å². The average Bonchev–Trinajstić information content (AvgIpc) is 3.38. The van der Waals surface area contributed by atoms with E-state index in [0.717, 1.165) is 4.57 Å². The highest BCUT2D eigenvalue weighted by Crippen LogP contribution is 2.59. The maximum Gasteiger partial charge on any atom is 0.359 e. The summed E-state index contributed by atoms with van der Waals surface area (Å²) in [4.78, 5) is 26.6. The second-order valence-corrected chi connectivity index (χ2v) is 11.0. The molecule has 0 bridgehead atoms. The Morgan fingerprint density at radius 2 is 1.97 bits per heavy atom. The summed E-state index contributed by atoms with van der Waals surface area (Å²) in [5.74, 6) is -0.103. The maximum absolute atomic E-state index is 12.7. The van der Waals surface area contributed by atoms with Crippen molar-refractivity contribution in [3.8, 4) is 11.3 Å². The van der Waals surface area contributed by atoms with Crippen LogP contribution in [0.2, 0.25) is 0 Å². The minimum Gasteiger partial charge on any atom is -0.388 e. The number of nitrogen functional groups attached to an aromatic ring is 1. The molecule has 1 aliphatic rings. The van der Waals surface area contributed by atoms with Gasteiger partial charge in [-0.05, 0) is 26.7 Å². The molecule has 1 fully saturated rings. The van der Waals surface area contributed by atoms with E-state index in [-0.39, 0.29) is 30.6 Å². The quantitative estimate of drug-likeness (QED) is 0.252. The number of aliphatic hydroxyl groups is 3. The normalized spacial score (nSPS) is 28.2. The molecule has 2 aromatic heterocycles. The molecule has 0 amide bonds. The first-order valence-electron chi connectivity index (χ1n) is 10.8. The number of nitrogens with two attached hydrogens (primary N) is 1. The molecule has 1 saturated heterocycles. The number of aliphatic hydroxyl groups excluding tert-OH is 2. The van der Waals surface area contributed by atoms with Crippen LogP contribution >= 0.6 is 7.60 Å². The van der Waals surface area contributed by atoms with E-state index in [1.165, 1.54) is 26.2 Å². The molecule has 15 heteroatoms. The number of hydrogen-bond donors (Lipinski definition) is 6. The van der Waals surface area contributed by atoms with Crippen LogP contribution in [0.5, 0.6) is 0 Å². The lowest BCUT2D eigenvalue weighted by Crippen LogP contribution is -2.40. The van der Waals surface area contributed by atoms with E-state index in [0.29, 0.717) is 5.69 Å². The Morgan fingerprint density at radius 1 is 1.29 bits per heavy atom. The molecule has 3 rings (SSSR count). The molecule has 4 unspecified atom stereocenters. The number of hydrogen-bond acceptors (Lipinski definition) is 11. The summed E-state index contributed by atoms with van der Waals surface area (Å²) in [7, 11) is -4.49. The van der Waals surface area contributed by atoms with Gasteiger partial charge in [0.15, 0.2) is 11.6 Å². The van der Waals surface area contributed by atoms with Crippen molar-refractivity contribution in [1.82, 2.24) is 25.0 Å². The third-order valence-electron chi connectivity index (χ3n) is 6.29. The minimum atomic E-state index is -4.49. The number of anilines is 1. The number of aromatic amines is 1. The highest BCUT2D eigenvalue weighted by molar-refractivity contribution is 7.54. The van der Waals surface area contributed by atoms with E-state index < -0.39 is 48.8 Å². The van der Waals surface area contributed by atoms with Crippen LogP contribution in [-0.4, -0.2) is 74.4 Å². The Morgan fingerprint density at radius 3 is 2.53 bits per heavy atom. The molecule has 34 heavy (non-hydrogen) atoms. The van der Waals surface area contributed by atoms with Crippen molar-refractivity contribution in [3.63, 3.8) is 0 Å². The molecule has 2 aromatic rings. The topological polar surface area (TPSA) is 219 Å². The zero-order valence-corrected chi connectivity index (χ0v) is 20.2. The molecular formula is C19H31N6O8P. The fourth-order valence-electron chi connectivity index (χ4n) is 3.59. The van der Waals surface area contributed by atoms with Crippen molar-refractivity contribution < 1.29 is 34.0 Å². The van der Waals surface area contributed by atoms with E-state index in [1.54, 1.807) is 13.8 Å². The van der Waals surface area contributed by atoms with Gasteiger partial charge in [0.05, 0.1) is 23.5 Å². The highest BCUT2D eigenvalue weighted by atomic mass is 31.2. The lowest BCUT2D eigenvalue weighted by molar-refractivity contribution is -0.0713. The van der Waals surface area contributed by atoms with Crippen molar-refractivity contribution in [1.29, 1.82) is 0 Å². The van der Waals surface area contributed by atoms with E-state index in [2.05, 4.69) is 20.4 Å². The molecule has 3 heterocycles. The summed E-state index contributed by atoms with van der Waals surface area (Å²) in [6.45, 7) is 6.00. The summed E-state index contributed by atoms with van der Waals surface area (Å²) in [6.07, 6.45) is -2.63. The Balaban J connectivity index is 1.87. The summed E-state index contributed by atoms with van der Waals surface area (Å²) >= 11 is 0. The van der Waals surface area contributed by atoms with Crippen LogP contribution in [-0.2, 0) is 13.8 Å². The Hall–Kier alpha value is -2.19. The largest absolute Gasteiger partial charge is 0.388 e. The van der Waals surface area contributed by atoms with Crippen LogP contribution in [0.1, 0.15) is 53.2 Å². The van der Waals surface area contributed by atoms with Gasteiger partial charge in [-0.15, -0.1) is 0 Å². The maximum atomic E-state index is 12.7. The summed E-state index contributed by atoms with van der Waals surface area (Å²) < 4.78 is 25.0. The summed E-state index contributed by atoms with van der Waals surface area (Å²) in [6, 6.07) is 0. The predicted molar refractivity (Wildman–Crippen MR) is 119 cm³/mol. The van der Waals surface area contributed by atoms with Crippen LogP contribution in [0.3, 0.4) is 0 Å². The average molecular weight is 502 g/mol. The molecule has 1 aliphatic heterocycles. The smallest absolute Gasteiger partial charge is 0.359 e. The van der Waals surface area contributed by atoms with Gasteiger partial charge >= 0.3 is 13.3 Å². The Kier molecular flexibility index (Phi) is 7.35. The monoisotopic (exact) mass is 502 g/mol. The molecular weight excluding hydrogens is 471 g/mol. The third kappa shape index (κ3) is 4.93. The Labute approximate surface area is 195 Å². The zero-order chi connectivity index (χ0) is 25.5. The van der Waals surface area contributed by atoms with Gasteiger partial charge in [-0.25, -0.2) is 4.79 Å². The van der Waals surface area contributed by atoms with Gasteiger partial charge in [0.2, 0.25) is 0 Å². The molecule has 14 nitrogen and oxygen atoms in total. The highest BCUT2D eigenvalue weighted by Gasteiger charge is 2.50. The number of nitrogens with one attached hydrogen (secondary N) is 1. The van der Waals surface area contributed by atoms with E-state index in [9.17, 15) is 29.6 Å². The Bertz CT molecular complexity index is 1110. The molecule has 7 atom stereocenters. The zero-order valence-electron chi connectivity index (χ0n) is 19.3. The van der Waals surface area contributed by atoms with Gasteiger partial charge in [0.1, 0.15) is 23.7 Å². The first-order valence-corrected chi connectivity index (χ1v) is 12.4. The van der Waals surface area contributed by atoms with Gasteiger partial charge in [-0.1, -0.05) is 13.8 Å². The van der Waals surface area contributed by atoms with Crippen molar-refractivity contribution in [2.24, 2.45) is 0 Å². The minimum absolute atomic E-state index is 0.0230. The molecule has 0 saturated carbocycles.